The summed E-state index contributed by atoms with van der Waals surface area (Å²) in [6, 6.07) is 0. The Morgan fingerprint density at radius 1 is 0.313 bits per heavy atom. The Bertz CT molecular complexity index is 1260. The molecule has 0 spiro atoms. The van der Waals surface area contributed by atoms with Gasteiger partial charge in [-0.1, -0.05) is 273 Å². The Labute approximate surface area is 414 Å². The van der Waals surface area contributed by atoms with Gasteiger partial charge in [0, 0.05) is 19.3 Å². The Balaban J connectivity index is 4.42. The van der Waals surface area contributed by atoms with E-state index in [9.17, 15) is 14.4 Å². The molecule has 0 rings (SSSR count). The summed E-state index contributed by atoms with van der Waals surface area (Å²) in [7, 11) is 0. The van der Waals surface area contributed by atoms with E-state index in [2.05, 4.69) is 39.0 Å². The molecule has 0 aromatic carbocycles. The molecule has 0 aromatic rings. The largest absolute Gasteiger partial charge is 0.462 e. The standard InChI is InChI=1S/C61H106O6/c1-4-7-10-13-16-19-22-25-27-29-31-33-36-39-42-45-48-51-54-60(63)66-57-58(56-65-59(62)53-50-47-44-41-38-35-24-21-18-15-12-9-6-3)67-61(64)55-52-49-46-43-40-37-34-32-30-28-26-23-20-17-14-11-8-5-2/h9,12,15,18,21,24,31,33,35,38,41,44,58H,4-8,10-11,13-14,16-17,19-20,22-23,25-30,32,34,36-37,39-40,42-43,45-57H2,1-3H3/b12-9-,18-15-,24-21-,33-31-,38-35-,44-41-. The highest BCUT2D eigenvalue weighted by Crippen LogP contribution is 2.16. The number of esters is 3. The third kappa shape index (κ3) is 53.7. The molecule has 386 valence electrons. The summed E-state index contributed by atoms with van der Waals surface area (Å²) in [5.74, 6) is -0.975. The van der Waals surface area contributed by atoms with Crippen molar-refractivity contribution >= 4 is 17.9 Å². The molecule has 0 aliphatic heterocycles. The third-order valence-electron chi connectivity index (χ3n) is 12.3. The van der Waals surface area contributed by atoms with Crippen LogP contribution in [0.15, 0.2) is 72.9 Å². The van der Waals surface area contributed by atoms with Gasteiger partial charge in [0.2, 0.25) is 0 Å². The number of ether oxygens (including phenoxy) is 3. The summed E-state index contributed by atoms with van der Waals surface area (Å²) in [5, 5.41) is 0. The van der Waals surface area contributed by atoms with Crippen molar-refractivity contribution in [3.63, 3.8) is 0 Å². The minimum Gasteiger partial charge on any atom is -0.462 e. The van der Waals surface area contributed by atoms with Crippen molar-refractivity contribution in [3.05, 3.63) is 72.9 Å². The van der Waals surface area contributed by atoms with Gasteiger partial charge in [-0.2, -0.15) is 0 Å². The second-order valence-electron chi connectivity index (χ2n) is 18.9. The molecule has 67 heavy (non-hydrogen) atoms. The molecule has 0 aromatic heterocycles. The van der Waals surface area contributed by atoms with Gasteiger partial charge in [0.05, 0.1) is 0 Å². The van der Waals surface area contributed by atoms with Gasteiger partial charge < -0.3 is 14.2 Å². The first-order valence-electron chi connectivity index (χ1n) is 28.5. The van der Waals surface area contributed by atoms with Crippen LogP contribution in [0.2, 0.25) is 0 Å². The highest BCUT2D eigenvalue weighted by molar-refractivity contribution is 5.71. The highest BCUT2D eigenvalue weighted by atomic mass is 16.6. The lowest BCUT2D eigenvalue weighted by atomic mass is 10.0. The van der Waals surface area contributed by atoms with Crippen LogP contribution >= 0.6 is 0 Å². The van der Waals surface area contributed by atoms with E-state index in [1.807, 2.05) is 54.7 Å². The molecule has 0 saturated carbocycles. The maximum Gasteiger partial charge on any atom is 0.306 e. The fraction of sp³-hybridized carbons (Fsp3) is 0.754. The highest BCUT2D eigenvalue weighted by Gasteiger charge is 2.19. The zero-order valence-corrected chi connectivity index (χ0v) is 44.2. The molecule has 1 atom stereocenters. The number of hydrogen-bond donors (Lipinski definition) is 0. The summed E-state index contributed by atoms with van der Waals surface area (Å²) < 4.78 is 16.8. The van der Waals surface area contributed by atoms with Crippen molar-refractivity contribution in [3.8, 4) is 0 Å². The summed E-state index contributed by atoms with van der Waals surface area (Å²) in [5.41, 5.74) is 0. The maximum absolute atomic E-state index is 12.8. The summed E-state index contributed by atoms with van der Waals surface area (Å²) in [6.07, 6.45) is 70.5. The van der Waals surface area contributed by atoms with E-state index in [4.69, 9.17) is 14.2 Å². The van der Waals surface area contributed by atoms with Crippen LogP contribution in [0.3, 0.4) is 0 Å². The molecule has 0 aliphatic rings. The topological polar surface area (TPSA) is 78.9 Å². The van der Waals surface area contributed by atoms with Gasteiger partial charge in [-0.05, 0) is 57.8 Å². The van der Waals surface area contributed by atoms with E-state index < -0.39 is 6.10 Å². The van der Waals surface area contributed by atoms with Gasteiger partial charge in [0.15, 0.2) is 6.10 Å². The lowest BCUT2D eigenvalue weighted by Crippen LogP contribution is -2.30. The van der Waals surface area contributed by atoms with Gasteiger partial charge in [-0.15, -0.1) is 0 Å². The SMILES string of the molecule is CC\C=C/C=C\C=C/C=C\C=C/CCCC(=O)OCC(COC(=O)CCCCCCC/C=C\CCCCCCCCCCC)OC(=O)CCCCCCCCCCCCCCCCCCCC. The monoisotopic (exact) mass is 935 g/mol. The van der Waals surface area contributed by atoms with Crippen LogP contribution in [0.4, 0.5) is 0 Å². The predicted molar refractivity (Wildman–Crippen MR) is 288 cm³/mol. The van der Waals surface area contributed by atoms with Crippen molar-refractivity contribution in [1.82, 2.24) is 0 Å². The molecular formula is C61H106O6. The minimum absolute atomic E-state index is 0.100. The van der Waals surface area contributed by atoms with Crippen LogP contribution in [0.1, 0.15) is 278 Å². The fourth-order valence-corrected chi connectivity index (χ4v) is 8.06. The van der Waals surface area contributed by atoms with Crippen LogP contribution in [0, 0.1) is 0 Å². The third-order valence-corrected chi connectivity index (χ3v) is 12.3. The normalized spacial score (nSPS) is 12.6. The molecular weight excluding hydrogens is 829 g/mol. The van der Waals surface area contributed by atoms with Crippen LogP contribution in [0.5, 0.6) is 0 Å². The quantitative estimate of drug-likeness (QED) is 0.0199. The average Bonchev–Trinajstić information content (AvgIpc) is 3.33. The average molecular weight is 936 g/mol. The number of rotatable bonds is 51. The van der Waals surface area contributed by atoms with E-state index >= 15 is 0 Å². The number of carbonyl (C=O) groups excluding carboxylic acids is 3. The molecule has 0 heterocycles. The first-order valence-corrected chi connectivity index (χ1v) is 28.5. The maximum atomic E-state index is 12.8. The first-order chi connectivity index (χ1) is 33.0. The molecule has 6 heteroatoms. The van der Waals surface area contributed by atoms with Crippen molar-refractivity contribution in [2.24, 2.45) is 0 Å². The van der Waals surface area contributed by atoms with Gasteiger partial charge in [0.25, 0.3) is 0 Å². The zero-order chi connectivity index (χ0) is 48.6. The predicted octanol–water partition coefficient (Wildman–Crippen LogP) is 19.0. The molecule has 0 aliphatic carbocycles. The lowest BCUT2D eigenvalue weighted by molar-refractivity contribution is -0.167. The second-order valence-corrected chi connectivity index (χ2v) is 18.9. The Hall–Kier alpha value is -3.15. The van der Waals surface area contributed by atoms with Gasteiger partial charge in [0.1, 0.15) is 13.2 Å². The smallest absolute Gasteiger partial charge is 0.306 e. The molecule has 6 nitrogen and oxygen atoms in total. The summed E-state index contributed by atoms with van der Waals surface area (Å²) in [4.78, 5) is 38.1. The minimum atomic E-state index is -0.806. The van der Waals surface area contributed by atoms with E-state index in [1.54, 1.807) is 0 Å². The van der Waals surface area contributed by atoms with E-state index in [0.29, 0.717) is 19.3 Å². The van der Waals surface area contributed by atoms with Crippen LogP contribution in [0.25, 0.3) is 0 Å². The molecule has 0 N–H and O–H groups in total. The van der Waals surface area contributed by atoms with Gasteiger partial charge in [-0.3, -0.25) is 14.4 Å². The van der Waals surface area contributed by atoms with Crippen molar-refractivity contribution < 1.29 is 28.6 Å². The van der Waals surface area contributed by atoms with Crippen molar-refractivity contribution in [2.45, 2.75) is 284 Å². The summed E-state index contributed by atoms with van der Waals surface area (Å²) in [6.45, 7) is 6.45. The van der Waals surface area contributed by atoms with Crippen molar-refractivity contribution in [1.29, 1.82) is 0 Å². The molecule has 0 bridgehead atoms. The Morgan fingerprint density at radius 3 is 1.00 bits per heavy atom. The Kier molecular flexibility index (Phi) is 52.8. The van der Waals surface area contributed by atoms with E-state index in [0.717, 1.165) is 57.8 Å². The van der Waals surface area contributed by atoms with Crippen LogP contribution in [-0.2, 0) is 28.6 Å². The Morgan fingerprint density at radius 2 is 0.612 bits per heavy atom. The zero-order valence-electron chi connectivity index (χ0n) is 44.2. The number of carbonyl (C=O) groups is 3. The van der Waals surface area contributed by atoms with Gasteiger partial charge >= 0.3 is 17.9 Å². The van der Waals surface area contributed by atoms with E-state index in [1.165, 1.54) is 173 Å². The fourth-order valence-electron chi connectivity index (χ4n) is 8.06. The molecule has 0 radical (unpaired) electrons. The molecule has 0 amide bonds. The number of unbranched alkanes of at least 4 members (excludes halogenated alkanes) is 32. The number of hydrogen-bond acceptors (Lipinski definition) is 6. The first kappa shape index (κ1) is 63.8. The molecule has 1 unspecified atom stereocenters. The second kappa shape index (κ2) is 55.4. The van der Waals surface area contributed by atoms with Gasteiger partial charge in [-0.25, -0.2) is 0 Å². The lowest BCUT2D eigenvalue weighted by Gasteiger charge is -2.18. The van der Waals surface area contributed by atoms with E-state index in [-0.39, 0.29) is 37.5 Å². The van der Waals surface area contributed by atoms with Crippen LogP contribution < -0.4 is 0 Å². The molecule has 0 saturated heterocycles. The number of allylic oxidation sites excluding steroid dienone is 12. The molecule has 0 fully saturated rings. The van der Waals surface area contributed by atoms with Crippen molar-refractivity contribution in [2.75, 3.05) is 13.2 Å². The summed E-state index contributed by atoms with van der Waals surface area (Å²) >= 11 is 0. The van der Waals surface area contributed by atoms with Crippen LogP contribution in [-0.4, -0.2) is 37.2 Å².